The molecule has 102 valence electrons. The van der Waals surface area contributed by atoms with Gasteiger partial charge < -0.3 is 10.2 Å². The van der Waals surface area contributed by atoms with Gasteiger partial charge in [-0.1, -0.05) is 18.7 Å². The summed E-state index contributed by atoms with van der Waals surface area (Å²) < 4.78 is 0. The standard InChI is InChI=1S/C16H23N3/c1-6-17-16-15(12(3)18-13(4)19(16)5)14-10-8-7-9-11(14)2/h6,18H,1,4,7-10H2,2-3,5H3. The molecule has 0 aromatic carbocycles. The van der Waals surface area contributed by atoms with Crippen LogP contribution in [0.1, 0.15) is 39.5 Å². The molecule has 0 spiro atoms. The van der Waals surface area contributed by atoms with E-state index in [0.29, 0.717) is 0 Å². The van der Waals surface area contributed by atoms with Crippen molar-refractivity contribution in [3.8, 4) is 0 Å². The summed E-state index contributed by atoms with van der Waals surface area (Å²) in [5, 5.41) is 3.35. The highest BCUT2D eigenvalue weighted by atomic mass is 15.3. The Morgan fingerprint density at radius 2 is 1.95 bits per heavy atom. The Kier molecular flexibility index (Phi) is 3.93. The minimum absolute atomic E-state index is 0.857. The smallest absolute Gasteiger partial charge is 0.143 e. The normalized spacial score (nSPS) is 23.0. The third-order valence-electron chi connectivity index (χ3n) is 3.91. The molecule has 0 bridgehead atoms. The molecular formula is C16H23N3. The monoisotopic (exact) mass is 257 g/mol. The van der Waals surface area contributed by atoms with Crippen LogP contribution in [0.2, 0.25) is 0 Å². The minimum atomic E-state index is 0.857. The van der Waals surface area contributed by atoms with Crippen LogP contribution in [0.25, 0.3) is 0 Å². The molecule has 0 aromatic rings. The lowest BCUT2D eigenvalue weighted by Gasteiger charge is -2.34. The first-order chi connectivity index (χ1) is 9.06. The maximum absolute atomic E-state index is 4.47. The highest BCUT2D eigenvalue weighted by molar-refractivity contribution is 6.05. The molecule has 3 nitrogen and oxygen atoms in total. The molecule has 0 atom stereocenters. The summed E-state index contributed by atoms with van der Waals surface area (Å²) in [4.78, 5) is 6.47. The Labute approximate surface area is 116 Å². The zero-order valence-electron chi connectivity index (χ0n) is 12.2. The summed E-state index contributed by atoms with van der Waals surface area (Å²) in [5.41, 5.74) is 5.29. The average molecular weight is 257 g/mol. The fraction of sp³-hybridized carbons (Fsp3) is 0.438. The summed E-state index contributed by atoms with van der Waals surface area (Å²) in [6, 6.07) is 0. The summed E-state index contributed by atoms with van der Waals surface area (Å²) >= 11 is 0. The third kappa shape index (κ3) is 2.50. The predicted molar refractivity (Wildman–Crippen MR) is 81.5 cm³/mol. The van der Waals surface area contributed by atoms with Crippen LogP contribution in [0.15, 0.2) is 52.6 Å². The molecule has 0 saturated heterocycles. The van der Waals surface area contributed by atoms with Crippen molar-refractivity contribution in [3.63, 3.8) is 0 Å². The molecule has 0 amide bonds. The van der Waals surface area contributed by atoms with Gasteiger partial charge in [-0.25, -0.2) is 4.99 Å². The maximum atomic E-state index is 4.47. The van der Waals surface area contributed by atoms with Gasteiger partial charge in [0.25, 0.3) is 0 Å². The fourth-order valence-corrected chi connectivity index (χ4v) is 2.82. The highest BCUT2D eigenvalue weighted by Crippen LogP contribution is 2.34. The van der Waals surface area contributed by atoms with Gasteiger partial charge in [-0.15, -0.1) is 0 Å². The molecule has 0 fully saturated rings. The van der Waals surface area contributed by atoms with Crippen LogP contribution in [-0.4, -0.2) is 17.8 Å². The molecule has 1 heterocycles. The van der Waals surface area contributed by atoms with E-state index in [1.807, 2.05) is 11.9 Å². The van der Waals surface area contributed by atoms with Crippen LogP contribution in [-0.2, 0) is 0 Å². The molecule has 0 aromatic heterocycles. The first-order valence-electron chi connectivity index (χ1n) is 6.85. The number of nitrogens with one attached hydrogen (secondary N) is 1. The second kappa shape index (κ2) is 5.47. The van der Waals surface area contributed by atoms with Gasteiger partial charge in [-0.3, -0.25) is 0 Å². The molecule has 1 aliphatic heterocycles. The first kappa shape index (κ1) is 13.7. The number of amidine groups is 1. The number of hydrogen-bond donors (Lipinski definition) is 1. The van der Waals surface area contributed by atoms with Gasteiger partial charge in [0.05, 0.1) is 0 Å². The Hall–Kier alpha value is -1.77. The number of hydrogen-bond acceptors (Lipinski definition) is 2. The molecule has 0 unspecified atom stereocenters. The molecule has 1 N–H and O–H groups in total. The van der Waals surface area contributed by atoms with Crippen molar-refractivity contribution in [3.05, 3.63) is 47.6 Å². The van der Waals surface area contributed by atoms with Crippen molar-refractivity contribution in [2.45, 2.75) is 39.5 Å². The molecule has 0 saturated carbocycles. The van der Waals surface area contributed by atoms with E-state index < -0.39 is 0 Å². The number of nitrogens with zero attached hydrogens (tertiary/aromatic N) is 2. The molecule has 2 rings (SSSR count). The average Bonchev–Trinajstić information content (AvgIpc) is 2.38. The van der Waals surface area contributed by atoms with Crippen molar-refractivity contribution < 1.29 is 0 Å². The van der Waals surface area contributed by atoms with Crippen LogP contribution in [0.5, 0.6) is 0 Å². The Morgan fingerprint density at radius 1 is 1.26 bits per heavy atom. The van der Waals surface area contributed by atoms with Crippen molar-refractivity contribution >= 4 is 5.84 Å². The van der Waals surface area contributed by atoms with Crippen LogP contribution in [0.4, 0.5) is 0 Å². The largest absolute Gasteiger partial charge is 0.345 e. The summed E-state index contributed by atoms with van der Waals surface area (Å²) in [6.07, 6.45) is 6.49. The highest BCUT2D eigenvalue weighted by Gasteiger charge is 2.27. The van der Waals surface area contributed by atoms with E-state index in [4.69, 9.17) is 0 Å². The van der Waals surface area contributed by atoms with E-state index in [1.165, 1.54) is 36.0 Å². The van der Waals surface area contributed by atoms with Crippen molar-refractivity contribution in [2.24, 2.45) is 4.99 Å². The minimum Gasteiger partial charge on any atom is -0.345 e. The third-order valence-corrected chi connectivity index (χ3v) is 3.91. The lowest BCUT2D eigenvalue weighted by atomic mass is 9.86. The van der Waals surface area contributed by atoms with Crippen molar-refractivity contribution in [1.29, 1.82) is 0 Å². The van der Waals surface area contributed by atoms with Gasteiger partial charge in [0.2, 0.25) is 0 Å². The second-order valence-corrected chi connectivity index (χ2v) is 5.23. The summed E-state index contributed by atoms with van der Waals surface area (Å²) in [7, 11) is 1.99. The van der Waals surface area contributed by atoms with Gasteiger partial charge in [0, 0.05) is 24.5 Å². The maximum Gasteiger partial charge on any atom is 0.143 e. The molecule has 19 heavy (non-hydrogen) atoms. The van der Waals surface area contributed by atoms with Crippen LogP contribution in [0.3, 0.4) is 0 Å². The molecule has 3 heteroatoms. The molecule has 2 aliphatic rings. The van der Waals surface area contributed by atoms with Gasteiger partial charge in [-0.2, -0.15) is 0 Å². The van der Waals surface area contributed by atoms with E-state index in [-0.39, 0.29) is 0 Å². The Balaban J connectivity index is 2.56. The topological polar surface area (TPSA) is 27.6 Å². The fourth-order valence-electron chi connectivity index (χ4n) is 2.82. The number of likely N-dealkylation sites (N-methyl/N-ethyl adjacent to an activating group) is 1. The van der Waals surface area contributed by atoms with E-state index in [9.17, 15) is 0 Å². The van der Waals surface area contributed by atoms with Gasteiger partial charge in [-0.05, 0) is 45.1 Å². The van der Waals surface area contributed by atoms with E-state index >= 15 is 0 Å². The van der Waals surface area contributed by atoms with Crippen LogP contribution >= 0.6 is 0 Å². The molecule has 1 aliphatic carbocycles. The first-order valence-corrected chi connectivity index (χ1v) is 6.85. The Bertz CT molecular complexity index is 506. The predicted octanol–water partition coefficient (Wildman–Crippen LogP) is 3.70. The Morgan fingerprint density at radius 3 is 2.58 bits per heavy atom. The molecular weight excluding hydrogens is 234 g/mol. The number of aliphatic imine (C=N–C) groups is 1. The molecule has 0 radical (unpaired) electrons. The van der Waals surface area contributed by atoms with E-state index in [1.54, 1.807) is 6.20 Å². The summed E-state index contributed by atoms with van der Waals surface area (Å²) in [6.45, 7) is 12.1. The second-order valence-electron chi connectivity index (χ2n) is 5.23. The zero-order chi connectivity index (χ0) is 14.0. The SMILES string of the molecule is C=CN=C1C(C2=C(C)CCCC2)=C(C)NC(=C)N1C. The van der Waals surface area contributed by atoms with Gasteiger partial charge >= 0.3 is 0 Å². The van der Waals surface area contributed by atoms with Crippen LogP contribution < -0.4 is 5.32 Å². The lowest BCUT2D eigenvalue weighted by Crippen LogP contribution is -2.40. The van der Waals surface area contributed by atoms with Crippen molar-refractivity contribution in [1.82, 2.24) is 10.2 Å². The van der Waals surface area contributed by atoms with Crippen molar-refractivity contribution in [2.75, 3.05) is 7.05 Å². The van der Waals surface area contributed by atoms with Crippen LogP contribution in [0, 0.1) is 0 Å². The van der Waals surface area contributed by atoms with Gasteiger partial charge in [0.1, 0.15) is 11.7 Å². The summed E-state index contributed by atoms with van der Waals surface area (Å²) in [5.74, 6) is 1.81. The van der Waals surface area contributed by atoms with E-state index in [0.717, 1.165) is 23.8 Å². The van der Waals surface area contributed by atoms with Gasteiger partial charge in [0.15, 0.2) is 0 Å². The van der Waals surface area contributed by atoms with E-state index in [2.05, 4.69) is 37.3 Å². The quantitative estimate of drug-likeness (QED) is 0.817. The number of allylic oxidation sites excluding steroid dienone is 2. The number of rotatable bonds is 2. The lowest BCUT2D eigenvalue weighted by molar-refractivity contribution is 0.556. The zero-order valence-corrected chi connectivity index (χ0v) is 12.2.